The number of nitrogens with zero attached hydrogens (tertiary/aromatic N) is 2. The summed E-state index contributed by atoms with van der Waals surface area (Å²) >= 11 is 0. The van der Waals surface area contributed by atoms with Crippen LogP contribution in [-0.2, 0) is 9.53 Å². The number of carbonyl (C=O) groups is 2. The van der Waals surface area contributed by atoms with Crippen molar-refractivity contribution in [3.63, 3.8) is 0 Å². The van der Waals surface area contributed by atoms with Crippen molar-refractivity contribution in [2.45, 2.75) is 51.5 Å². The molecule has 5 heteroatoms. The zero-order valence-corrected chi connectivity index (χ0v) is 12.9. The first-order valence-corrected chi connectivity index (χ1v) is 8.38. The highest BCUT2D eigenvalue weighted by atomic mass is 16.6. The largest absolute Gasteiger partial charge is 0.449 e. The predicted octanol–water partition coefficient (Wildman–Crippen LogP) is 2.26. The summed E-state index contributed by atoms with van der Waals surface area (Å²) in [6, 6.07) is 0.399. The van der Waals surface area contributed by atoms with Crippen molar-refractivity contribution >= 4 is 12.0 Å². The molecule has 0 bridgehead atoms. The molecule has 0 aromatic rings. The number of carbonyl (C=O) groups excluding carboxylic acids is 2. The average Bonchev–Trinajstić information content (AvgIpc) is 2.50. The molecule has 5 nitrogen and oxygen atoms in total. The second-order valence-corrected chi connectivity index (χ2v) is 6.76. The molecule has 118 valence electrons. The van der Waals surface area contributed by atoms with Gasteiger partial charge in [0.1, 0.15) is 6.54 Å². The second-order valence-electron chi connectivity index (χ2n) is 6.76. The summed E-state index contributed by atoms with van der Waals surface area (Å²) in [6.07, 6.45) is 6.49. The molecule has 1 saturated carbocycles. The van der Waals surface area contributed by atoms with E-state index in [9.17, 15) is 9.59 Å². The Morgan fingerprint density at radius 1 is 1.19 bits per heavy atom. The molecule has 21 heavy (non-hydrogen) atoms. The van der Waals surface area contributed by atoms with E-state index in [2.05, 4.69) is 11.8 Å². The molecule has 0 N–H and O–H groups in total. The fourth-order valence-electron chi connectivity index (χ4n) is 4.22. The van der Waals surface area contributed by atoms with Crippen molar-refractivity contribution in [1.29, 1.82) is 0 Å². The van der Waals surface area contributed by atoms with E-state index in [0.717, 1.165) is 31.7 Å². The van der Waals surface area contributed by atoms with Gasteiger partial charge in [0.2, 0.25) is 5.91 Å². The van der Waals surface area contributed by atoms with E-state index in [1.807, 2.05) is 0 Å². The first-order valence-electron chi connectivity index (χ1n) is 8.38. The van der Waals surface area contributed by atoms with Crippen LogP contribution in [0.25, 0.3) is 0 Å². The van der Waals surface area contributed by atoms with Crippen LogP contribution in [0.4, 0.5) is 4.79 Å². The molecule has 3 unspecified atom stereocenters. The molecule has 0 aromatic heterocycles. The second kappa shape index (κ2) is 6.24. The molecule has 1 aliphatic carbocycles. The van der Waals surface area contributed by atoms with Crippen LogP contribution in [0.5, 0.6) is 0 Å². The summed E-state index contributed by atoms with van der Waals surface area (Å²) in [5.74, 6) is 1.49. The van der Waals surface area contributed by atoms with Crippen molar-refractivity contribution in [2.24, 2.45) is 11.8 Å². The van der Waals surface area contributed by atoms with Gasteiger partial charge in [0.25, 0.3) is 0 Å². The molecule has 2 amide bonds. The summed E-state index contributed by atoms with van der Waals surface area (Å²) in [6.45, 7) is 4.49. The van der Waals surface area contributed by atoms with Crippen LogP contribution >= 0.6 is 0 Å². The van der Waals surface area contributed by atoms with Gasteiger partial charge in [0.15, 0.2) is 0 Å². The van der Waals surface area contributed by atoms with Gasteiger partial charge < -0.3 is 9.64 Å². The van der Waals surface area contributed by atoms with Crippen LogP contribution in [0, 0.1) is 11.8 Å². The minimum atomic E-state index is -0.333. The molecule has 3 aliphatic rings. The Hall–Kier alpha value is -1.26. The molecule has 0 radical (unpaired) electrons. The Morgan fingerprint density at radius 2 is 2.00 bits per heavy atom. The minimum Gasteiger partial charge on any atom is -0.449 e. The molecular weight excluding hydrogens is 268 g/mol. The third-order valence-corrected chi connectivity index (χ3v) is 5.44. The molecule has 2 saturated heterocycles. The molecular formula is C16H26N2O3. The lowest BCUT2D eigenvalue weighted by Crippen LogP contribution is -2.55. The summed E-state index contributed by atoms with van der Waals surface area (Å²) in [5, 5.41) is 0. The molecule has 0 aromatic carbocycles. The fourth-order valence-corrected chi connectivity index (χ4v) is 4.22. The van der Waals surface area contributed by atoms with Crippen molar-refractivity contribution in [3.8, 4) is 0 Å². The monoisotopic (exact) mass is 294 g/mol. The first kappa shape index (κ1) is 14.7. The van der Waals surface area contributed by atoms with E-state index in [0.29, 0.717) is 25.1 Å². The standard InChI is InChI=1S/C16H26N2O3/c1-12-7-9-18(14-6-3-2-5-13(12)14)15(19)11-17-8-4-10-21-16(17)20/h12-14H,2-11H2,1H3. The minimum absolute atomic E-state index is 0.109. The number of hydrogen-bond donors (Lipinski definition) is 0. The fraction of sp³-hybridized carbons (Fsp3) is 0.875. The van der Waals surface area contributed by atoms with Gasteiger partial charge in [0.05, 0.1) is 6.61 Å². The van der Waals surface area contributed by atoms with E-state index in [4.69, 9.17) is 4.74 Å². The summed E-state index contributed by atoms with van der Waals surface area (Å²) < 4.78 is 5.02. The molecule has 2 heterocycles. The van der Waals surface area contributed by atoms with Gasteiger partial charge >= 0.3 is 6.09 Å². The summed E-state index contributed by atoms with van der Waals surface area (Å²) in [5.41, 5.74) is 0. The van der Waals surface area contributed by atoms with Gasteiger partial charge in [-0.25, -0.2) is 4.79 Å². The van der Waals surface area contributed by atoms with Crippen molar-refractivity contribution in [3.05, 3.63) is 0 Å². The van der Waals surface area contributed by atoms with Gasteiger partial charge in [-0.05, 0) is 37.5 Å². The highest BCUT2D eigenvalue weighted by molar-refractivity contribution is 5.83. The Balaban J connectivity index is 1.64. The van der Waals surface area contributed by atoms with E-state index < -0.39 is 0 Å². The molecule has 3 atom stereocenters. The van der Waals surface area contributed by atoms with Crippen LogP contribution in [0.1, 0.15) is 45.4 Å². The topological polar surface area (TPSA) is 49.9 Å². The summed E-state index contributed by atoms with van der Waals surface area (Å²) in [4.78, 5) is 27.9. The van der Waals surface area contributed by atoms with E-state index in [1.165, 1.54) is 19.3 Å². The Labute approximate surface area is 126 Å². The Bertz CT molecular complexity index is 412. The van der Waals surface area contributed by atoms with Crippen molar-refractivity contribution in [2.75, 3.05) is 26.2 Å². The van der Waals surface area contributed by atoms with Crippen molar-refractivity contribution < 1.29 is 14.3 Å². The SMILES string of the molecule is CC1CCN(C(=O)CN2CCCOC2=O)C2CCCCC12. The maximum Gasteiger partial charge on any atom is 0.410 e. The third kappa shape index (κ3) is 3.01. The van der Waals surface area contributed by atoms with Crippen LogP contribution in [0.15, 0.2) is 0 Å². The number of fused-ring (bicyclic) bond motifs is 1. The van der Waals surface area contributed by atoms with Gasteiger partial charge in [-0.3, -0.25) is 9.69 Å². The lowest BCUT2D eigenvalue weighted by Gasteiger charge is -2.47. The maximum absolute atomic E-state index is 12.6. The molecule has 2 aliphatic heterocycles. The number of amides is 2. The van der Waals surface area contributed by atoms with Crippen LogP contribution in [0.2, 0.25) is 0 Å². The summed E-state index contributed by atoms with van der Waals surface area (Å²) in [7, 11) is 0. The lowest BCUT2D eigenvalue weighted by atomic mass is 9.72. The quantitative estimate of drug-likeness (QED) is 0.785. The molecule has 3 rings (SSSR count). The average molecular weight is 294 g/mol. The predicted molar refractivity (Wildman–Crippen MR) is 78.8 cm³/mol. The number of likely N-dealkylation sites (tertiary alicyclic amines) is 1. The van der Waals surface area contributed by atoms with Crippen molar-refractivity contribution in [1.82, 2.24) is 9.80 Å². The molecule has 0 spiro atoms. The zero-order valence-electron chi connectivity index (χ0n) is 12.9. The lowest BCUT2D eigenvalue weighted by molar-refractivity contribution is -0.140. The number of piperidine rings is 1. The zero-order chi connectivity index (χ0) is 14.8. The van der Waals surface area contributed by atoms with E-state index >= 15 is 0 Å². The van der Waals surface area contributed by atoms with Crippen LogP contribution < -0.4 is 0 Å². The first-order chi connectivity index (χ1) is 10.2. The highest BCUT2D eigenvalue weighted by Gasteiger charge is 2.40. The Kier molecular flexibility index (Phi) is 4.36. The van der Waals surface area contributed by atoms with Gasteiger partial charge in [0, 0.05) is 19.1 Å². The number of rotatable bonds is 2. The number of ether oxygens (including phenoxy) is 1. The third-order valence-electron chi connectivity index (χ3n) is 5.44. The maximum atomic E-state index is 12.6. The van der Waals surface area contributed by atoms with Crippen LogP contribution in [0.3, 0.4) is 0 Å². The van der Waals surface area contributed by atoms with E-state index in [1.54, 1.807) is 4.90 Å². The van der Waals surface area contributed by atoms with Crippen LogP contribution in [-0.4, -0.2) is 54.1 Å². The van der Waals surface area contributed by atoms with Gasteiger partial charge in [-0.15, -0.1) is 0 Å². The number of cyclic esters (lactones) is 1. The van der Waals surface area contributed by atoms with Gasteiger partial charge in [-0.2, -0.15) is 0 Å². The van der Waals surface area contributed by atoms with E-state index in [-0.39, 0.29) is 18.5 Å². The smallest absolute Gasteiger partial charge is 0.410 e. The molecule has 3 fully saturated rings. The number of hydrogen-bond acceptors (Lipinski definition) is 3. The highest BCUT2D eigenvalue weighted by Crippen LogP contribution is 2.38. The normalized spacial score (nSPS) is 33.4. The van der Waals surface area contributed by atoms with Gasteiger partial charge in [-0.1, -0.05) is 19.8 Å². The Morgan fingerprint density at radius 3 is 2.81 bits per heavy atom.